The van der Waals surface area contributed by atoms with Crippen molar-refractivity contribution in [1.82, 2.24) is 0 Å². The Bertz CT molecular complexity index is 527. The van der Waals surface area contributed by atoms with Crippen molar-refractivity contribution < 1.29 is 4.79 Å². The zero-order chi connectivity index (χ0) is 12.1. The summed E-state index contributed by atoms with van der Waals surface area (Å²) in [4.78, 5) is 10.9. The molecule has 0 aliphatic heterocycles. The summed E-state index contributed by atoms with van der Waals surface area (Å²) in [5.41, 5.74) is 7.89. The zero-order valence-corrected chi connectivity index (χ0v) is 9.34. The molecule has 0 aromatic heterocycles. The zero-order valence-electron chi connectivity index (χ0n) is 9.34. The molecule has 0 unspecified atom stereocenters. The van der Waals surface area contributed by atoms with Gasteiger partial charge in [-0.2, -0.15) is 0 Å². The van der Waals surface area contributed by atoms with Crippen LogP contribution < -0.4 is 5.73 Å². The van der Waals surface area contributed by atoms with Gasteiger partial charge in [0.25, 0.3) is 0 Å². The molecule has 84 valence electrons. The topological polar surface area (TPSA) is 43.1 Å². The fraction of sp³-hybridized carbons (Fsp3) is 0. The maximum absolute atomic E-state index is 10.9. The van der Waals surface area contributed by atoms with Crippen LogP contribution in [0, 0.1) is 0 Å². The first-order chi connectivity index (χ1) is 8.25. The fourth-order valence-electron chi connectivity index (χ4n) is 1.52. The van der Waals surface area contributed by atoms with Crippen molar-refractivity contribution in [3.05, 3.63) is 71.3 Å². The molecule has 0 spiro atoms. The van der Waals surface area contributed by atoms with Gasteiger partial charge >= 0.3 is 0 Å². The number of carbonyl (C=O) groups excluding carboxylic acids is 1. The Kier molecular flexibility index (Phi) is 3.36. The van der Waals surface area contributed by atoms with Crippen molar-refractivity contribution in [2.75, 3.05) is 0 Å². The van der Waals surface area contributed by atoms with Gasteiger partial charge in [0.05, 0.1) is 0 Å². The highest BCUT2D eigenvalue weighted by Gasteiger charge is 1.97. The number of nitrogens with two attached hydrogens (primary N) is 1. The van der Waals surface area contributed by atoms with E-state index in [1.807, 2.05) is 54.6 Å². The lowest BCUT2D eigenvalue weighted by atomic mass is 10.1. The molecule has 0 aliphatic carbocycles. The van der Waals surface area contributed by atoms with Crippen LogP contribution in [-0.4, -0.2) is 5.91 Å². The minimum Gasteiger partial charge on any atom is -0.366 e. The summed E-state index contributed by atoms with van der Waals surface area (Å²) in [5, 5.41) is 0. The van der Waals surface area contributed by atoms with Gasteiger partial charge in [0.2, 0.25) is 5.91 Å². The first-order valence-electron chi connectivity index (χ1n) is 5.39. The van der Waals surface area contributed by atoms with E-state index in [2.05, 4.69) is 0 Å². The van der Waals surface area contributed by atoms with Gasteiger partial charge in [-0.15, -0.1) is 0 Å². The molecule has 0 radical (unpaired) electrons. The van der Waals surface area contributed by atoms with Gasteiger partial charge in [0.1, 0.15) is 0 Å². The molecular weight excluding hydrogens is 210 g/mol. The van der Waals surface area contributed by atoms with Crippen LogP contribution in [-0.2, 0) is 0 Å². The van der Waals surface area contributed by atoms with Crippen molar-refractivity contribution in [2.45, 2.75) is 0 Å². The van der Waals surface area contributed by atoms with E-state index < -0.39 is 5.91 Å². The van der Waals surface area contributed by atoms with Crippen molar-refractivity contribution in [3.8, 4) is 0 Å². The van der Waals surface area contributed by atoms with E-state index in [1.165, 1.54) is 0 Å². The van der Waals surface area contributed by atoms with E-state index in [0.717, 1.165) is 11.1 Å². The first kappa shape index (κ1) is 11.1. The molecule has 2 aromatic carbocycles. The summed E-state index contributed by atoms with van der Waals surface area (Å²) in [5.74, 6) is -0.399. The Hall–Kier alpha value is -2.35. The third kappa shape index (κ3) is 3.05. The summed E-state index contributed by atoms with van der Waals surface area (Å²) in [6, 6.07) is 17.3. The summed E-state index contributed by atoms with van der Waals surface area (Å²) >= 11 is 0. The van der Waals surface area contributed by atoms with Crippen molar-refractivity contribution >= 4 is 18.1 Å². The number of hydrogen-bond acceptors (Lipinski definition) is 1. The number of amides is 1. The summed E-state index contributed by atoms with van der Waals surface area (Å²) in [6.45, 7) is 0. The molecule has 2 heteroatoms. The standard InChI is InChI=1S/C15H13NO/c16-15(17)14-10-8-13(9-11-14)7-6-12-4-2-1-3-5-12/h1-11H,(H2,16,17). The molecule has 0 saturated heterocycles. The number of benzene rings is 2. The van der Waals surface area contributed by atoms with Gasteiger partial charge in [-0.25, -0.2) is 0 Å². The molecule has 0 bridgehead atoms. The number of hydrogen-bond donors (Lipinski definition) is 1. The molecule has 0 heterocycles. The number of rotatable bonds is 3. The smallest absolute Gasteiger partial charge is 0.248 e. The monoisotopic (exact) mass is 223 g/mol. The van der Waals surface area contributed by atoms with Crippen LogP contribution >= 0.6 is 0 Å². The molecule has 0 fully saturated rings. The minimum atomic E-state index is -0.399. The highest BCUT2D eigenvalue weighted by molar-refractivity contribution is 5.93. The molecule has 0 aliphatic rings. The fourth-order valence-corrected chi connectivity index (χ4v) is 1.52. The lowest BCUT2D eigenvalue weighted by molar-refractivity contribution is 0.100. The van der Waals surface area contributed by atoms with E-state index in [9.17, 15) is 4.79 Å². The predicted octanol–water partition coefficient (Wildman–Crippen LogP) is 2.96. The molecule has 0 atom stereocenters. The van der Waals surface area contributed by atoms with E-state index in [1.54, 1.807) is 12.1 Å². The Morgan fingerprint density at radius 2 is 1.35 bits per heavy atom. The Morgan fingerprint density at radius 1 is 0.824 bits per heavy atom. The van der Waals surface area contributed by atoms with Crippen LogP contribution in [0.25, 0.3) is 12.2 Å². The van der Waals surface area contributed by atoms with Crippen molar-refractivity contribution in [3.63, 3.8) is 0 Å². The maximum Gasteiger partial charge on any atom is 0.248 e. The van der Waals surface area contributed by atoms with Crippen LogP contribution in [0.2, 0.25) is 0 Å². The van der Waals surface area contributed by atoms with Gasteiger partial charge in [0.15, 0.2) is 0 Å². The first-order valence-corrected chi connectivity index (χ1v) is 5.39. The third-order valence-corrected chi connectivity index (χ3v) is 2.46. The predicted molar refractivity (Wildman–Crippen MR) is 70.3 cm³/mol. The Labute approximate surface area is 100 Å². The largest absolute Gasteiger partial charge is 0.366 e. The Morgan fingerprint density at radius 3 is 1.88 bits per heavy atom. The van der Waals surface area contributed by atoms with E-state index >= 15 is 0 Å². The second kappa shape index (κ2) is 5.12. The van der Waals surface area contributed by atoms with Crippen molar-refractivity contribution in [2.24, 2.45) is 5.73 Å². The summed E-state index contributed by atoms with van der Waals surface area (Å²) in [7, 11) is 0. The van der Waals surface area contributed by atoms with Gasteiger partial charge < -0.3 is 5.73 Å². The van der Waals surface area contributed by atoms with Gasteiger partial charge in [-0.3, -0.25) is 4.79 Å². The minimum absolute atomic E-state index is 0.399. The SMILES string of the molecule is NC(=O)c1ccc(C=Cc2ccccc2)cc1. The normalized spacial score (nSPS) is 10.6. The van der Waals surface area contributed by atoms with Crippen molar-refractivity contribution in [1.29, 1.82) is 0 Å². The maximum atomic E-state index is 10.9. The highest BCUT2D eigenvalue weighted by Crippen LogP contribution is 2.09. The van der Waals surface area contributed by atoms with E-state index in [-0.39, 0.29) is 0 Å². The van der Waals surface area contributed by atoms with Gasteiger partial charge in [-0.1, -0.05) is 54.6 Å². The summed E-state index contributed by atoms with van der Waals surface area (Å²) in [6.07, 6.45) is 4.03. The van der Waals surface area contributed by atoms with Crippen LogP contribution in [0.5, 0.6) is 0 Å². The molecule has 2 nitrogen and oxygen atoms in total. The molecule has 1 amide bonds. The average Bonchev–Trinajstić information content (AvgIpc) is 2.38. The highest BCUT2D eigenvalue weighted by atomic mass is 16.1. The molecule has 17 heavy (non-hydrogen) atoms. The van der Waals surface area contributed by atoms with Crippen LogP contribution in [0.3, 0.4) is 0 Å². The quantitative estimate of drug-likeness (QED) is 0.799. The Balaban J connectivity index is 2.14. The third-order valence-electron chi connectivity index (χ3n) is 2.46. The number of carbonyl (C=O) groups is 1. The molecule has 2 rings (SSSR count). The second-order valence-electron chi connectivity index (χ2n) is 3.73. The summed E-state index contributed by atoms with van der Waals surface area (Å²) < 4.78 is 0. The molecule has 2 N–H and O–H groups in total. The van der Waals surface area contributed by atoms with Gasteiger partial charge in [-0.05, 0) is 23.3 Å². The van der Waals surface area contributed by atoms with Crippen LogP contribution in [0.4, 0.5) is 0 Å². The molecule has 2 aromatic rings. The second-order valence-corrected chi connectivity index (χ2v) is 3.73. The lowest BCUT2D eigenvalue weighted by Crippen LogP contribution is -2.10. The van der Waals surface area contributed by atoms with E-state index in [4.69, 9.17) is 5.73 Å². The van der Waals surface area contributed by atoms with E-state index in [0.29, 0.717) is 5.56 Å². The lowest BCUT2D eigenvalue weighted by Gasteiger charge is -1.97. The molecule has 0 saturated carbocycles. The van der Waals surface area contributed by atoms with Gasteiger partial charge in [0, 0.05) is 5.56 Å². The average molecular weight is 223 g/mol. The van der Waals surface area contributed by atoms with Crippen LogP contribution in [0.1, 0.15) is 21.5 Å². The van der Waals surface area contributed by atoms with Crippen LogP contribution in [0.15, 0.2) is 54.6 Å². The number of primary amides is 1. The molecular formula is C15H13NO.